The van der Waals surface area contributed by atoms with Gasteiger partial charge in [0.25, 0.3) is 0 Å². The quantitative estimate of drug-likeness (QED) is 0.785. The van der Waals surface area contributed by atoms with Crippen LogP contribution >= 0.6 is 15.9 Å². The molecule has 0 bridgehead atoms. The number of hydrogen-bond acceptors (Lipinski definition) is 3. The minimum atomic E-state index is -0.484. The predicted molar refractivity (Wildman–Crippen MR) is 82.3 cm³/mol. The molecule has 1 aliphatic heterocycles. The highest BCUT2D eigenvalue weighted by atomic mass is 79.9. The fourth-order valence-corrected chi connectivity index (χ4v) is 2.80. The van der Waals surface area contributed by atoms with Gasteiger partial charge < -0.3 is 15.4 Å². The lowest BCUT2D eigenvalue weighted by atomic mass is 10.0. The zero-order valence-corrected chi connectivity index (χ0v) is 13.7. The Hall–Kier alpha value is -1.07. The van der Waals surface area contributed by atoms with Crippen LogP contribution in [0.4, 0.5) is 4.79 Å². The lowest BCUT2D eigenvalue weighted by Gasteiger charge is -2.26. The first kappa shape index (κ1) is 15.3. The second-order valence-electron chi connectivity index (χ2n) is 6.10. The van der Waals surface area contributed by atoms with Crippen molar-refractivity contribution in [1.82, 2.24) is 4.90 Å². The number of rotatable bonds is 0. The van der Waals surface area contributed by atoms with Gasteiger partial charge in [-0.3, -0.25) is 0 Å². The number of amides is 1. The van der Waals surface area contributed by atoms with Gasteiger partial charge in [0.15, 0.2) is 0 Å². The molecule has 0 saturated heterocycles. The molecule has 1 aliphatic rings. The van der Waals surface area contributed by atoms with E-state index < -0.39 is 5.60 Å². The molecule has 1 atom stereocenters. The molecule has 0 radical (unpaired) electrons. The fourth-order valence-electron chi connectivity index (χ4n) is 2.29. The molecule has 0 fully saturated rings. The second kappa shape index (κ2) is 5.74. The molecule has 0 aromatic heterocycles. The first-order valence-corrected chi connectivity index (χ1v) is 7.58. The summed E-state index contributed by atoms with van der Waals surface area (Å²) in [6.07, 6.45) is 0.455. The molecule has 5 heteroatoms. The maximum atomic E-state index is 12.2. The number of carbonyl (C=O) groups excluding carboxylic acids is 1. The van der Waals surface area contributed by atoms with Crippen molar-refractivity contribution in [2.45, 2.75) is 45.4 Å². The highest BCUT2D eigenvalue weighted by Crippen LogP contribution is 2.30. The molecular formula is C15H21BrN2O2. The average molecular weight is 341 g/mol. The van der Waals surface area contributed by atoms with Gasteiger partial charge in [-0.2, -0.15) is 0 Å². The van der Waals surface area contributed by atoms with Crippen molar-refractivity contribution in [2.24, 2.45) is 5.73 Å². The van der Waals surface area contributed by atoms with E-state index in [-0.39, 0.29) is 12.1 Å². The average Bonchev–Trinajstić information content (AvgIpc) is 2.49. The van der Waals surface area contributed by atoms with Crippen LogP contribution in [0.2, 0.25) is 0 Å². The SMILES string of the molecule is CC(C)(C)OC(=O)N1CCC(N)c2cccc(Br)c2C1. The van der Waals surface area contributed by atoms with E-state index in [9.17, 15) is 4.79 Å². The molecule has 1 unspecified atom stereocenters. The number of benzene rings is 1. The van der Waals surface area contributed by atoms with Crippen molar-refractivity contribution >= 4 is 22.0 Å². The smallest absolute Gasteiger partial charge is 0.410 e. The molecule has 1 amide bonds. The predicted octanol–water partition coefficient (Wildman–Crippen LogP) is 3.59. The minimum Gasteiger partial charge on any atom is -0.444 e. The third-order valence-corrected chi connectivity index (χ3v) is 4.01. The molecule has 2 rings (SSSR count). The summed E-state index contributed by atoms with van der Waals surface area (Å²) < 4.78 is 6.44. The number of halogens is 1. The van der Waals surface area contributed by atoms with Gasteiger partial charge in [0.05, 0.1) is 6.54 Å². The highest BCUT2D eigenvalue weighted by Gasteiger charge is 2.27. The van der Waals surface area contributed by atoms with Gasteiger partial charge in [-0.25, -0.2) is 4.79 Å². The van der Waals surface area contributed by atoms with Crippen molar-refractivity contribution < 1.29 is 9.53 Å². The van der Waals surface area contributed by atoms with Crippen molar-refractivity contribution in [1.29, 1.82) is 0 Å². The minimum absolute atomic E-state index is 0.0464. The monoisotopic (exact) mass is 340 g/mol. The zero-order valence-electron chi connectivity index (χ0n) is 12.1. The van der Waals surface area contributed by atoms with Crippen LogP contribution in [0.25, 0.3) is 0 Å². The molecular weight excluding hydrogens is 320 g/mol. The molecule has 20 heavy (non-hydrogen) atoms. The third kappa shape index (κ3) is 3.52. The van der Waals surface area contributed by atoms with E-state index in [0.717, 1.165) is 22.0 Å². The van der Waals surface area contributed by atoms with E-state index in [0.29, 0.717) is 13.1 Å². The molecule has 0 aliphatic carbocycles. The Labute approximate surface area is 128 Å². The van der Waals surface area contributed by atoms with Crippen LogP contribution in [0.15, 0.2) is 22.7 Å². The number of nitrogens with two attached hydrogens (primary N) is 1. The van der Waals surface area contributed by atoms with Crippen molar-refractivity contribution in [3.05, 3.63) is 33.8 Å². The van der Waals surface area contributed by atoms with E-state index >= 15 is 0 Å². The summed E-state index contributed by atoms with van der Waals surface area (Å²) in [5.41, 5.74) is 7.90. The molecule has 0 spiro atoms. The van der Waals surface area contributed by atoms with Gasteiger partial charge in [0, 0.05) is 17.1 Å². The van der Waals surface area contributed by atoms with Gasteiger partial charge in [0.2, 0.25) is 0 Å². The largest absolute Gasteiger partial charge is 0.444 e. The van der Waals surface area contributed by atoms with Gasteiger partial charge >= 0.3 is 6.09 Å². The molecule has 1 aromatic carbocycles. The summed E-state index contributed by atoms with van der Waals surface area (Å²) in [6, 6.07) is 5.94. The van der Waals surface area contributed by atoms with Crippen molar-refractivity contribution in [2.75, 3.05) is 6.54 Å². The van der Waals surface area contributed by atoms with E-state index in [1.165, 1.54) is 0 Å². The lowest BCUT2D eigenvalue weighted by molar-refractivity contribution is 0.0234. The zero-order chi connectivity index (χ0) is 14.9. The van der Waals surface area contributed by atoms with Crippen LogP contribution in [0, 0.1) is 0 Å². The highest BCUT2D eigenvalue weighted by molar-refractivity contribution is 9.10. The van der Waals surface area contributed by atoms with Gasteiger partial charge in [0.1, 0.15) is 5.60 Å². The Morgan fingerprint density at radius 2 is 2.15 bits per heavy atom. The summed E-state index contributed by atoms with van der Waals surface area (Å²) >= 11 is 3.55. The van der Waals surface area contributed by atoms with Crippen LogP contribution in [-0.2, 0) is 11.3 Å². The van der Waals surface area contributed by atoms with Crippen LogP contribution in [0.3, 0.4) is 0 Å². The van der Waals surface area contributed by atoms with E-state index in [2.05, 4.69) is 15.9 Å². The lowest BCUT2D eigenvalue weighted by Crippen LogP contribution is -2.36. The van der Waals surface area contributed by atoms with E-state index in [1.807, 2.05) is 39.0 Å². The maximum Gasteiger partial charge on any atom is 0.410 e. The summed E-state index contributed by atoms with van der Waals surface area (Å²) in [4.78, 5) is 14.0. The van der Waals surface area contributed by atoms with Crippen molar-refractivity contribution in [3.63, 3.8) is 0 Å². The molecule has 0 saturated carbocycles. The number of carbonyl (C=O) groups is 1. The Balaban J connectivity index is 2.24. The van der Waals surface area contributed by atoms with Crippen LogP contribution < -0.4 is 5.73 Å². The fraction of sp³-hybridized carbons (Fsp3) is 0.533. The van der Waals surface area contributed by atoms with Crippen LogP contribution in [0.1, 0.15) is 44.4 Å². The Morgan fingerprint density at radius 3 is 2.80 bits per heavy atom. The van der Waals surface area contributed by atoms with Gasteiger partial charge in [-0.1, -0.05) is 28.1 Å². The van der Waals surface area contributed by atoms with Crippen molar-refractivity contribution in [3.8, 4) is 0 Å². The molecule has 110 valence electrons. The normalized spacial score (nSPS) is 19.2. The molecule has 4 nitrogen and oxygen atoms in total. The number of ether oxygens (including phenoxy) is 1. The van der Waals surface area contributed by atoms with Gasteiger partial charge in [-0.05, 0) is 44.4 Å². The first-order valence-electron chi connectivity index (χ1n) is 6.79. The second-order valence-corrected chi connectivity index (χ2v) is 6.96. The van der Waals surface area contributed by atoms with Crippen LogP contribution in [-0.4, -0.2) is 23.1 Å². The third-order valence-electron chi connectivity index (χ3n) is 3.27. The van der Waals surface area contributed by atoms with E-state index in [4.69, 9.17) is 10.5 Å². The van der Waals surface area contributed by atoms with E-state index in [1.54, 1.807) is 4.90 Å². The van der Waals surface area contributed by atoms with Gasteiger partial charge in [-0.15, -0.1) is 0 Å². The Kier molecular flexibility index (Phi) is 4.39. The Morgan fingerprint density at radius 1 is 1.45 bits per heavy atom. The maximum absolute atomic E-state index is 12.2. The number of fused-ring (bicyclic) bond motifs is 1. The summed E-state index contributed by atoms with van der Waals surface area (Å²) in [7, 11) is 0. The first-order chi connectivity index (χ1) is 9.28. The standard InChI is InChI=1S/C15H21BrN2O2/c1-15(2,3)20-14(19)18-8-7-13(17)10-5-4-6-12(16)11(10)9-18/h4-6,13H,7-9,17H2,1-3H3. The molecule has 2 N–H and O–H groups in total. The topological polar surface area (TPSA) is 55.6 Å². The number of hydrogen-bond donors (Lipinski definition) is 1. The number of nitrogens with zero attached hydrogens (tertiary/aromatic N) is 1. The summed E-state index contributed by atoms with van der Waals surface area (Å²) in [6.45, 7) is 6.76. The molecule has 1 aromatic rings. The Bertz CT molecular complexity index is 511. The van der Waals surface area contributed by atoms with Crippen LogP contribution in [0.5, 0.6) is 0 Å². The summed E-state index contributed by atoms with van der Waals surface area (Å²) in [5, 5.41) is 0. The summed E-state index contributed by atoms with van der Waals surface area (Å²) in [5.74, 6) is 0. The molecule has 1 heterocycles.